The van der Waals surface area contributed by atoms with E-state index in [1.807, 2.05) is 19.4 Å². The van der Waals surface area contributed by atoms with Gasteiger partial charge in [-0.2, -0.15) is 10.1 Å². The van der Waals surface area contributed by atoms with Crippen LogP contribution in [0.1, 0.15) is 12.8 Å². The highest BCUT2D eigenvalue weighted by atomic mass is 15.2. The molecular weight excluding hydrogens is 278 g/mol. The van der Waals surface area contributed by atoms with E-state index in [-0.39, 0.29) is 0 Å². The number of rotatable bonds is 3. The molecule has 3 heterocycles. The summed E-state index contributed by atoms with van der Waals surface area (Å²) in [4.78, 5) is 8.56. The number of fused-ring (bicyclic) bond motifs is 1. The second kappa shape index (κ2) is 5.24. The average molecular weight is 299 g/mol. The number of hydrogen-bond acceptors (Lipinski definition) is 6. The van der Waals surface area contributed by atoms with Crippen molar-refractivity contribution in [2.24, 2.45) is 18.9 Å². The maximum Gasteiger partial charge on any atom is 0.221 e. The Hall–Kier alpha value is -2.15. The molecule has 2 aliphatic rings. The number of aromatic nitrogens is 4. The van der Waals surface area contributed by atoms with Gasteiger partial charge in [0.1, 0.15) is 5.82 Å². The lowest BCUT2D eigenvalue weighted by atomic mass is 10.0. The highest BCUT2D eigenvalue weighted by Crippen LogP contribution is 2.37. The zero-order valence-electron chi connectivity index (χ0n) is 12.7. The first-order valence-corrected chi connectivity index (χ1v) is 7.78. The number of aryl methyl sites for hydroxylation is 1. The first-order valence-electron chi connectivity index (χ1n) is 7.78. The Balaban J connectivity index is 1.59. The summed E-state index contributed by atoms with van der Waals surface area (Å²) in [5.41, 5.74) is 7.74. The van der Waals surface area contributed by atoms with E-state index in [9.17, 15) is 0 Å². The van der Waals surface area contributed by atoms with Gasteiger partial charge in [0.25, 0.3) is 0 Å². The predicted molar refractivity (Wildman–Crippen MR) is 85.1 cm³/mol. The van der Waals surface area contributed by atoms with Crippen molar-refractivity contribution in [1.82, 2.24) is 25.1 Å². The number of nitrogens with zero attached hydrogens (tertiary/aromatic N) is 4. The molecule has 0 spiro atoms. The van der Waals surface area contributed by atoms with Crippen LogP contribution in [0.5, 0.6) is 0 Å². The highest BCUT2D eigenvalue weighted by molar-refractivity contribution is 5.74. The minimum atomic E-state index is 0.301. The van der Waals surface area contributed by atoms with Crippen molar-refractivity contribution in [2.75, 3.05) is 24.1 Å². The summed E-state index contributed by atoms with van der Waals surface area (Å²) in [6.45, 7) is 2.29. The van der Waals surface area contributed by atoms with Gasteiger partial charge in [-0.05, 0) is 37.8 Å². The van der Waals surface area contributed by atoms with Gasteiger partial charge in [0, 0.05) is 36.6 Å². The Bertz CT molecular complexity index is 668. The normalized spacial score (nSPS) is 27.0. The number of nitrogen functional groups attached to an aromatic ring is 1. The maximum absolute atomic E-state index is 5.78. The summed E-state index contributed by atoms with van der Waals surface area (Å²) in [6.07, 6.45) is 7.95. The van der Waals surface area contributed by atoms with Crippen LogP contribution in [0.2, 0.25) is 0 Å². The lowest BCUT2D eigenvalue weighted by molar-refractivity contribution is 0.494. The van der Waals surface area contributed by atoms with Gasteiger partial charge in [-0.3, -0.25) is 4.68 Å². The lowest BCUT2D eigenvalue weighted by Crippen LogP contribution is -2.21. The molecule has 1 aliphatic carbocycles. The Morgan fingerprint density at radius 2 is 2.05 bits per heavy atom. The molecule has 0 amide bonds. The van der Waals surface area contributed by atoms with Crippen LogP contribution in [-0.2, 0) is 7.05 Å². The van der Waals surface area contributed by atoms with Gasteiger partial charge in [-0.15, -0.1) is 0 Å². The van der Waals surface area contributed by atoms with Crippen molar-refractivity contribution in [3.05, 3.63) is 18.6 Å². The lowest BCUT2D eigenvalue weighted by Gasteiger charge is -2.17. The second-order valence-electron chi connectivity index (χ2n) is 6.38. The van der Waals surface area contributed by atoms with Crippen molar-refractivity contribution in [3.63, 3.8) is 0 Å². The van der Waals surface area contributed by atoms with E-state index in [4.69, 9.17) is 5.73 Å². The molecule has 1 saturated heterocycles. The summed E-state index contributed by atoms with van der Waals surface area (Å²) in [5.74, 6) is 2.70. The Morgan fingerprint density at radius 3 is 2.73 bits per heavy atom. The quantitative estimate of drug-likeness (QED) is 0.778. The standard InChI is InChI=1S/C15H21N7/c1-22-8-11(6-19-22)13-7-18-15(16)21-14(13)20-12-2-9-4-17-5-10(9)3-12/h6-10,12,17H,2-5H2,1H3,(H3,16,18,20,21). The smallest absolute Gasteiger partial charge is 0.221 e. The molecule has 0 radical (unpaired) electrons. The fraction of sp³-hybridized carbons (Fsp3) is 0.533. The molecule has 4 N–H and O–H groups in total. The summed E-state index contributed by atoms with van der Waals surface area (Å²) in [6, 6.07) is 0.460. The van der Waals surface area contributed by atoms with Crippen LogP contribution >= 0.6 is 0 Å². The molecule has 2 aromatic heterocycles. The van der Waals surface area contributed by atoms with E-state index < -0.39 is 0 Å². The Labute approximate surface area is 129 Å². The predicted octanol–water partition coefficient (Wildman–Crippen LogP) is 0.869. The molecule has 0 bridgehead atoms. The van der Waals surface area contributed by atoms with Crippen LogP contribution in [0.25, 0.3) is 11.1 Å². The van der Waals surface area contributed by atoms with E-state index in [1.165, 1.54) is 12.8 Å². The van der Waals surface area contributed by atoms with Crippen LogP contribution in [0.15, 0.2) is 18.6 Å². The second-order valence-corrected chi connectivity index (χ2v) is 6.38. The molecule has 0 aromatic carbocycles. The molecule has 2 aromatic rings. The van der Waals surface area contributed by atoms with Gasteiger partial charge in [0.05, 0.1) is 6.20 Å². The third kappa shape index (κ3) is 2.41. The first kappa shape index (κ1) is 13.5. The summed E-state index contributed by atoms with van der Waals surface area (Å²) in [7, 11) is 1.90. The molecule has 7 heteroatoms. The van der Waals surface area contributed by atoms with Gasteiger partial charge in [0.2, 0.25) is 5.95 Å². The highest BCUT2D eigenvalue weighted by Gasteiger charge is 2.37. The number of hydrogen-bond donors (Lipinski definition) is 3. The number of anilines is 2. The Kier molecular flexibility index (Phi) is 3.22. The SMILES string of the molecule is Cn1cc(-c2cnc(N)nc2NC2CC3CNCC3C2)cn1. The third-order valence-corrected chi connectivity index (χ3v) is 4.82. The average Bonchev–Trinajstić information content (AvgIpc) is 3.15. The zero-order valence-corrected chi connectivity index (χ0v) is 12.7. The topological polar surface area (TPSA) is 93.7 Å². The minimum Gasteiger partial charge on any atom is -0.368 e. The molecule has 116 valence electrons. The molecule has 1 aliphatic heterocycles. The number of nitrogens with two attached hydrogens (primary N) is 1. The monoisotopic (exact) mass is 299 g/mol. The summed E-state index contributed by atoms with van der Waals surface area (Å²) < 4.78 is 1.78. The van der Waals surface area contributed by atoms with Crippen molar-refractivity contribution < 1.29 is 0 Å². The van der Waals surface area contributed by atoms with E-state index in [1.54, 1.807) is 10.9 Å². The van der Waals surface area contributed by atoms with E-state index >= 15 is 0 Å². The van der Waals surface area contributed by atoms with Crippen molar-refractivity contribution in [3.8, 4) is 11.1 Å². The van der Waals surface area contributed by atoms with Crippen molar-refractivity contribution in [2.45, 2.75) is 18.9 Å². The van der Waals surface area contributed by atoms with E-state index in [2.05, 4.69) is 25.7 Å². The van der Waals surface area contributed by atoms with Crippen molar-refractivity contribution >= 4 is 11.8 Å². The van der Waals surface area contributed by atoms with Gasteiger partial charge in [0.15, 0.2) is 0 Å². The summed E-state index contributed by atoms with van der Waals surface area (Å²) >= 11 is 0. The van der Waals surface area contributed by atoms with Gasteiger partial charge in [-0.1, -0.05) is 0 Å². The minimum absolute atomic E-state index is 0.301. The van der Waals surface area contributed by atoms with Crippen LogP contribution < -0.4 is 16.4 Å². The fourth-order valence-electron chi connectivity index (χ4n) is 3.75. The zero-order chi connectivity index (χ0) is 15.1. The third-order valence-electron chi connectivity index (χ3n) is 4.82. The molecule has 4 rings (SSSR count). The molecule has 22 heavy (non-hydrogen) atoms. The fourth-order valence-corrected chi connectivity index (χ4v) is 3.75. The van der Waals surface area contributed by atoms with E-state index in [0.29, 0.717) is 12.0 Å². The van der Waals surface area contributed by atoms with Gasteiger partial charge in [-0.25, -0.2) is 4.98 Å². The molecule has 2 atom stereocenters. The van der Waals surface area contributed by atoms with Crippen LogP contribution in [0.4, 0.5) is 11.8 Å². The molecular formula is C15H21N7. The molecule has 7 nitrogen and oxygen atoms in total. The van der Waals surface area contributed by atoms with E-state index in [0.717, 1.165) is 41.9 Å². The largest absolute Gasteiger partial charge is 0.368 e. The molecule has 2 unspecified atom stereocenters. The summed E-state index contributed by atoms with van der Waals surface area (Å²) in [5, 5.41) is 11.3. The van der Waals surface area contributed by atoms with Crippen LogP contribution in [0, 0.1) is 11.8 Å². The van der Waals surface area contributed by atoms with Crippen molar-refractivity contribution in [1.29, 1.82) is 0 Å². The van der Waals surface area contributed by atoms with Crippen LogP contribution in [-0.4, -0.2) is 38.9 Å². The maximum atomic E-state index is 5.78. The van der Waals surface area contributed by atoms with Gasteiger partial charge >= 0.3 is 0 Å². The van der Waals surface area contributed by atoms with Crippen LogP contribution in [0.3, 0.4) is 0 Å². The molecule has 2 fully saturated rings. The number of nitrogens with one attached hydrogen (secondary N) is 2. The van der Waals surface area contributed by atoms with Gasteiger partial charge < -0.3 is 16.4 Å². The Morgan fingerprint density at radius 1 is 1.27 bits per heavy atom. The molecule has 1 saturated carbocycles. The first-order chi connectivity index (χ1) is 10.7.